The molecule has 2 saturated carbocycles. The van der Waals surface area contributed by atoms with E-state index in [0.717, 1.165) is 44.1 Å². The first kappa shape index (κ1) is 18.9. The minimum Gasteiger partial charge on any atom is -0.467 e. The molecular formula is C24H34O4. The molecule has 4 nitrogen and oxygen atoms in total. The quantitative estimate of drug-likeness (QED) is 0.695. The molecule has 5 rings (SSSR count). The third-order valence-corrected chi connectivity index (χ3v) is 8.42. The highest BCUT2D eigenvalue weighted by molar-refractivity contribution is 5.46. The van der Waals surface area contributed by atoms with Gasteiger partial charge in [0, 0.05) is 18.9 Å². The number of rotatable bonds is 4. The van der Waals surface area contributed by atoms with Gasteiger partial charge in [-0.05, 0) is 79.0 Å². The molecule has 1 aromatic carbocycles. The summed E-state index contributed by atoms with van der Waals surface area (Å²) in [6, 6.07) is 4.75. The average Bonchev–Trinajstić information content (AvgIpc) is 3.31. The van der Waals surface area contributed by atoms with Gasteiger partial charge in [-0.3, -0.25) is 0 Å². The van der Waals surface area contributed by atoms with E-state index in [1.807, 2.05) is 0 Å². The lowest BCUT2D eigenvalue weighted by molar-refractivity contribution is -0.237. The van der Waals surface area contributed by atoms with Crippen molar-refractivity contribution in [3.8, 4) is 5.75 Å². The van der Waals surface area contributed by atoms with E-state index in [1.165, 1.54) is 36.8 Å². The lowest BCUT2D eigenvalue weighted by Gasteiger charge is -2.52. The summed E-state index contributed by atoms with van der Waals surface area (Å²) < 4.78 is 23.5. The fourth-order valence-electron chi connectivity index (χ4n) is 7.06. The van der Waals surface area contributed by atoms with Crippen molar-refractivity contribution in [2.45, 2.75) is 70.5 Å². The van der Waals surface area contributed by atoms with Gasteiger partial charge < -0.3 is 18.9 Å². The van der Waals surface area contributed by atoms with Gasteiger partial charge in [-0.2, -0.15) is 0 Å². The Morgan fingerprint density at radius 1 is 1.11 bits per heavy atom. The fraction of sp³-hybridized carbons (Fsp3) is 0.750. The van der Waals surface area contributed by atoms with Crippen molar-refractivity contribution in [2.24, 2.45) is 17.3 Å². The second kappa shape index (κ2) is 7.00. The predicted molar refractivity (Wildman–Crippen MR) is 108 cm³/mol. The highest BCUT2D eigenvalue weighted by atomic mass is 16.7. The van der Waals surface area contributed by atoms with Gasteiger partial charge in [0.25, 0.3) is 0 Å². The van der Waals surface area contributed by atoms with Gasteiger partial charge in [-0.25, -0.2) is 0 Å². The van der Waals surface area contributed by atoms with Gasteiger partial charge in [0.2, 0.25) is 0 Å². The molecule has 0 N–H and O–H groups in total. The van der Waals surface area contributed by atoms with Crippen LogP contribution in [0.15, 0.2) is 12.1 Å². The minimum atomic E-state index is -0.296. The number of benzene rings is 1. The molecular weight excluding hydrogens is 352 g/mol. The van der Waals surface area contributed by atoms with Gasteiger partial charge in [0.1, 0.15) is 5.75 Å². The summed E-state index contributed by atoms with van der Waals surface area (Å²) in [6.45, 7) is 6.53. The molecule has 3 unspecified atom stereocenters. The third kappa shape index (κ3) is 2.60. The number of methoxy groups -OCH3 is 1. The SMILES string of the molecule is CCc1cc2c(cc1OCOC)CCC1C2CC[C@@]2(C)C1CCC21OCCO1. The number of fused-ring (bicyclic) bond motifs is 6. The van der Waals surface area contributed by atoms with Crippen LogP contribution < -0.4 is 4.74 Å². The average molecular weight is 387 g/mol. The van der Waals surface area contributed by atoms with Crippen molar-refractivity contribution in [1.82, 2.24) is 0 Å². The largest absolute Gasteiger partial charge is 0.467 e. The summed E-state index contributed by atoms with van der Waals surface area (Å²) in [4.78, 5) is 0. The summed E-state index contributed by atoms with van der Waals surface area (Å²) in [7, 11) is 1.68. The van der Waals surface area contributed by atoms with E-state index in [2.05, 4.69) is 26.0 Å². The summed E-state index contributed by atoms with van der Waals surface area (Å²) in [5.41, 5.74) is 4.58. The maximum absolute atomic E-state index is 6.26. The Hall–Kier alpha value is -1.10. The van der Waals surface area contributed by atoms with E-state index >= 15 is 0 Å². The topological polar surface area (TPSA) is 36.9 Å². The minimum absolute atomic E-state index is 0.178. The summed E-state index contributed by atoms with van der Waals surface area (Å²) in [5.74, 6) is 2.87. The van der Waals surface area contributed by atoms with E-state index < -0.39 is 0 Å². The summed E-state index contributed by atoms with van der Waals surface area (Å²) in [5, 5.41) is 0. The summed E-state index contributed by atoms with van der Waals surface area (Å²) >= 11 is 0. The zero-order valence-corrected chi connectivity index (χ0v) is 17.6. The Kier molecular flexibility index (Phi) is 4.72. The van der Waals surface area contributed by atoms with Crippen LogP contribution in [0.5, 0.6) is 5.75 Å². The number of hydrogen-bond acceptors (Lipinski definition) is 4. The molecule has 28 heavy (non-hydrogen) atoms. The maximum atomic E-state index is 6.26. The van der Waals surface area contributed by atoms with Gasteiger partial charge in [-0.1, -0.05) is 19.9 Å². The molecule has 4 aliphatic rings. The van der Waals surface area contributed by atoms with Crippen LogP contribution >= 0.6 is 0 Å². The molecule has 0 bridgehead atoms. The van der Waals surface area contributed by atoms with Crippen LogP contribution in [-0.2, 0) is 27.1 Å². The molecule has 1 aliphatic heterocycles. The molecule has 154 valence electrons. The first-order valence-corrected chi connectivity index (χ1v) is 11.2. The highest BCUT2D eigenvalue weighted by Gasteiger charge is 2.65. The molecule has 3 fully saturated rings. The number of aryl methyl sites for hydroxylation is 2. The molecule has 1 heterocycles. The molecule has 0 aromatic heterocycles. The van der Waals surface area contributed by atoms with Crippen LogP contribution in [0, 0.1) is 17.3 Å². The van der Waals surface area contributed by atoms with Crippen LogP contribution in [0.3, 0.4) is 0 Å². The van der Waals surface area contributed by atoms with E-state index in [4.69, 9.17) is 18.9 Å². The zero-order chi connectivity index (χ0) is 19.4. The Morgan fingerprint density at radius 2 is 1.93 bits per heavy atom. The van der Waals surface area contributed by atoms with Crippen LogP contribution in [0.2, 0.25) is 0 Å². The van der Waals surface area contributed by atoms with E-state index in [1.54, 1.807) is 12.7 Å². The lowest BCUT2D eigenvalue weighted by Crippen LogP contribution is -2.51. The monoisotopic (exact) mass is 386 g/mol. The van der Waals surface area contributed by atoms with Gasteiger partial charge in [0.15, 0.2) is 12.6 Å². The lowest BCUT2D eigenvalue weighted by atomic mass is 9.54. The zero-order valence-electron chi connectivity index (χ0n) is 17.6. The van der Waals surface area contributed by atoms with Crippen LogP contribution in [0.4, 0.5) is 0 Å². The molecule has 0 radical (unpaired) electrons. The Balaban J connectivity index is 1.46. The summed E-state index contributed by atoms with van der Waals surface area (Å²) in [6.07, 6.45) is 8.23. The second-order valence-electron chi connectivity index (χ2n) is 9.42. The first-order valence-electron chi connectivity index (χ1n) is 11.2. The van der Waals surface area contributed by atoms with Crippen molar-refractivity contribution < 1.29 is 18.9 Å². The normalized spacial score (nSPS) is 35.5. The number of hydrogen-bond donors (Lipinski definition) is 0. The Labute approximate surface area is 168 Å². The molecule has 4 heteroatoms. The van der Waals surface area contributed by atoms with Crippen LogP contribution in [0.25, 0.3) is 0 Å². The second-order valence-corrected chi connectivity index (χ2v) is 9.42. The van der Waals surface area contributed by atoms with E-state index in [-0.39, 0.29) is 11.2 Å². The van der Waals surface area contributed by atoms with Crippen LogP contribution in [0.1, 0.15) is 68.6 Å². The first-order chi connectivity index (χ1) is 13.6. The molecule has 1 aromatic rings. The fourth-order valence-corrected chi connectivity index (χ4v) is 7.06. The molecule has 1 spiro atoms. The molecule has 4 atom stereocenters. The molecule has 3 aliphatic carbocycles. The van der Waals surface area contributed by atoms with E-state index in [0.29, 0.717) is 18.6 Å². The maximum Gasteiger partial charge on any atom is 0.188 e. The van der Waals surface area contributed by atoms with E-state index in [9.17, 15) is 0 Å². The smallest absolute Gasteiger partial charge is 0.188 e. The van der Waals surface area contributed by atoms with Crippen molar-refractivity contribution in [3.63, 3.8) is 0 Å². The van der Waals surface area contributed by atoms with Crippen molar-refractivity contribution >= 4 is 0 Å². The Bertz CT molecular complexity index is 738. The molecule has 0 amide bonds. The predicted octanol–water partition coefficient (Wildman–Crippen LogP) is 4.83. The van der Waals surface area contributed by atoms with Gasteiger partial charge in [-0.15, -0.1) is 0 Å². The highest BCUT2D eigenvalue weighted by Crippen LogP contribution is 2.66. The van der Waals surface area contributed by atoms with Crippen molar-refractivity contribution in [2.75, 3.05) is 27.1 Å². The Morgan fingerprint density at radius 3 is 2.68 bits per heavy atom. The number of ether oxygens (including phenoxy) is 4. The van der Waals surface area contributed by atoms with Crippen molar-refractivity contribution in [1.29, 1.82) is 0 Å². The van der Waals surface area contributed by atoms with Crippen LogP contribution in [-0.4, -0.2) is 32.9 Å². The van der Waals surface area contributed by atoms with Gasteiger partial charge in [0.05, 0.1) is 13.2 Å². The molecule has 1 saturated heterocycles. The standard InChI is InChI=1S/C24H34O4/c1-4-16-13-20-17(14-22(16)26-15-25-3)5-6-19-18(20)7-9-23(2)21(19)8-10-24(23)27-11-12-28-24/h13-14,18-19,21H,4-12,15H2,1-3H3/t18?,19?,21?,23-/m0/s1. The van der Waals surface area contributed by atoms with Gasteiger partial charge >= 0.3 is 0 Å². The van der Waals surface area contributed by atoms with Crippen molar-refractivity contribution in [3.05, 3.63) is 28.8 Å². The third-order valence-electron chi connectivity index (χ3n) is 8.42.